The second-order valence-electron chi connectivity index (χ2n) is 6.52. The van der Waals surface area contributed by atoms with Crippen molar-refractivity contribution < 1.29 is 5.11 Å². The minimum Gasteiger partial charge on any atom is -0.508 e. The van der Waals surface area contributed by atoms with E-state index in [2.05, 4.69) is 36.9 Å². The van der Waals surface area contributed by atoms with E-state index in [0.29, 0.717) is 22.9 Å². The van der Waals surface area contributed by atoms with Crippen LogP contribution in [-0.2, 0) is 0 Å². The van der Waals surface area contributed by atoms with Crippen LogP contribution in [0, 0.1) is 5.92 Å². The van der Waals surface area contributed by atoms with Crippen LogP contribution in [0.2, 0.25) is 0 Å². The van der Waals surface area contributed by atoms with E-state index >= 15 is 0 Å². The number of amidine groups is 1. The number of guanidine groups is 1. The molecule has 1 aliphatic carbocycles. The summed E-state index contributed by atoms with van der Waals surface area (Å²) < 4.78 is 0. The Balaban J connectivity index is 1.43. The van der Waals surface area contributed by atoms with Crippen LogP contribution in [0.5, 0.6) is 5.75 Å². The molecule has 2 aliphatic rings. The van der Waals surface area contributed by atoms with E-state index in [-0.39, 0.29) is 17.7 Å². The van der Waals surface area contributed by atoms with Gasteiger partial charge in [-0.05, 0) is 30.3 Å². The Hall–Kier alpha value is -3.92. The number of nitrogens with one attached hydrogen (secondary N) is 2. The molecule has 2 unspecified atom stereocenters. The molecule has 0 amide bonds. The SMILES string of the molecule is Oc1ccc(-c2nnc(/N=C3\NC(Nc4ncccn4)=NC4C=CC=CC34)s2)cc1. The normalized spacial score (nSPS) is 21.1. The summed E-state index contributed by atoms with van der Waals surface area (Å²) in [5, 5.41) is 25.5. The summed E-state index contributed by atoms with van der Waals surface area (Å²) in [6.45, 7) is 0. The predicted molar refractivity (Wildman–Crippen MR) is 116 cm³/mol. The third kappa shape index (κ3) is 3.80. The van der Waals surface area contributed by atoms with Crippen LogP contribution in [0.25, 0.3) is 10.6 Å². The smallest absolute Gasteiger partial charge is 0.233 e. The highest BCUT2D eigenvalue weighted by Gasteiger charge is 2.30. The summed E-state index contributed by atoms with van der Waals surface area (Å²) in [7, 11) is 0. The number of anilines is 1. The van der Waals surface area contributed by atoms with Gasteiger partial charge in [-0.3, -0.25) is 5.32 Å². The Kier molecular flexibility index (Phi) is 4.74. The van der Waals surface area contributed by atoms with Gasteiger partial charge in [0.05, 0.1) is 12.0 Å². The summed E-state index contributed by atoms with van der Waals surface area (Å²) in [5.74, 6) is 1.85. The van der Waals surface area contributed by atoms with Crippen molar-refractivity contribution in [1.82, 2.24) is 25.5 Å². The lowest BCUT2D eigenvalue weighted by molar-refractivity contribution is 0.475. The maximum Gasteiger partial charge on any atom is 0.233 e. The highest BCUT2D eigenvalue weighted by Crippen LogP contribution is 2.30. The van der Waals surface area contributed by atoms with Crippen LogP contribution in [0.3, 0.4) is 0 Å². The van der Waals surface area contributed by atoms with E-state index in [1.807, 2.05) is 18.2 Å². The molecule has 1 aliphatic heterocycles. The van der Waals surface area contributed by atoms with Gasteiger partial charge in [0.1, 0.15) is 16.6 Å². The number of phenols is 1. The van der Waals surface area contributed by atoms with Gasteiger partial charge in [0.25, 0.3) is 0 Å². The summed E-state index contributed by atoms with van der Waals surface area (Å²) in [6.07, 6.45) is 11.3. The Morgan fingerprint density at radius 1 is 1.03 bits per heavy atom. The van der Waals surface area contributed by atoms with E-state index in [1.54, 1.807) is 42.7 Å². The fourth-order valence-corrected chi connectivity index (χ4v) is 3.81. The second-order valence-corrected chi connectivity index (χ2v) is 7.48. The van der Waals surface area contributed by atoms with Crippen LogP contribution in [0.1, 0.15) is 0 Å². The third-order valence-corrected chi connectivity index (χ3v) is 5.35. The number of benzene rings is 1. The molecule has 9 nitrogen and oxygen atoms in total. The van der Waals surface area contributed by atoms with Crippen molar-refractivity contribution in [2.45, 2.75) is 6.04 Å². The number of hydrogen-bond acceptors (Lipinski definition) is 9. The first-order chi connectivity index (χ1) is 14.7. The van der Waals surface area contributed by atoms with Crippen molar-refractivity contribution in [2.75, 3.05) is 5.32 Å². The molecule has 0 bridgehead atoms. The molecule has 5 rings (SSSR count). The average Bonchev–Trinajstić information content (AvgIpc) is 3.23. The van der Waals surface area contributed by atoms with Crippen molar-refractivity contribution in [2.24, 2.45) is 15.9 Å². The fourth-order valence-electron chi connectivity index (χ4n) is 3.08. The van der Waals surface area contributed by atoms with Gasteiger partial charge in [-0.1, -0.05) is 35.6 Å². The van der Waals surface area contributed by atoms with Gasteiger partial charge in [0.2, 0.25) is 17.0 Å². The Morgan fingerprint density at radius 2 is 1.83 bits per heavy atom. The molecule has 0 fully saturated rings. The number of allylic oxidation sites excluding steroid dienone is 2. The lowest BCUT2D eigenvalue weighted by atomic mass is 9.93. The minimum atomic E-state index is -0.0919. The monoisotopic (exact) mass is 416 g/mol. The van der Waals surface area contributed by atoms with Gasteiger partial charge < -0.3 is 10.4 Å². The van der Waals surface area contributed by atoms with Crippen molar-refractivity contribution in [1.29, 1.82) is 0 Å². The maximum absolute atomic E-state index is 9.46. The summed E-state index contributed by atoms with van der Waals surface area (Å²) in [6, 6.07) is 8.49. The van der Waals surface area contributed by atoms with Gasteiger partial charge >= 0.3 is 0 Å². The predicted octanol–water partition coefficient (Wildman–Crippen LogP) is 2.91. The Labute approximate surface area is 175 Å². The lowest BCUT2D eigenvalue weighted by Gasteiger charge is -2.29. The minimum absolute atomic E-state index is 0.0294. The average molecular weight is 416 g/mol. The van der Waals surface area contributed by atoms with Crippen LogP contribution in [-0.4, -0.2) is 43.1 Å². The molecule has 30 heavy (non-hydrogen) atoms. The van der Waals surface area contributed by atoms with Crippen LogP contribution >= 0.6 is 11.3 Å². The molecular weight excluding hydrogens is 400 g/mol. The lowest BCUT2D eigenvalue weighted by Crippen LogP contribution is -2.48. The molecule has 10 heteroatoms. The standard InChI is InChI=1S/C20H16N8OS/c29-13-8-6-12(7-9-13)17-27-28-20(30-17)25-16-14-4-1-2-5-15(14)23-19(24-16)26-18-21-10-3-11-22-18/h1-11,14-15,29H,(H2,21,22,23,24,25,26,28). The first-order valence-electron chi connectivity index (χ1n) is 9.20. The molecule has 0 spiro atoms. The van der Waals surface area contributed by atoms with Gasteiger partial charge in [0, 0.05) is 18.0 Å². The molecule has 1 aromatic carbocycles. The third-order valence-electron chi connectivity index (χ3n) is 4.49. The zero-order valence-electron chi connectivity index (χ0n) is 15.5. The Bertz CT molecular complexity index is 1170. The molecule has 3 N–H and O–H groups in total. The summed E-state index contributed by atoms with van der Waals surface area (Å²) in [5.41, 5.74) is 0.872. The van der Waals surface area contributed by atoms with Crippen molar-refractivity contribution in [3.8, 4) is 16.3 Å². The number of aromatic hydroxyl groups is 1. The number of nitrogens with zero attached hydrogens (tertiary/aromatic N) is 6. The van der Waals surface area contributed by atoms with E-state index in [9.17, 15) is 5.11 Å². The largest absolute Gasteiger partial charge is 0.508 e. The van der Waals surface area contributed by atoms with Crippen molar-refractivity contribution in [3.05, 3.63) is 67.0 Å². The molecule has 3 heterocycles. The van der Waals surface area contributed by atoms with Crippen molar-refractivity contribution >= 4 is 34.2 Å². The van der Waals surface area contributed by atoms with Crippen LogP contribution in [0.15, 0.2) is 77.0 Å². The second kappa shape index (κ2) is 7.84. The molecule has 0 saturated carbocycles. The van der Waals surface area contributed by atoms with Crippen molar-refractivity contribution in [3.63, 3.8) is 0 Å². The number of aromatic nitrogens is 4. The van der Waals surface area contributed by atoms with Gasteiger partial charge in [-0.15, -0.1) is 10.2 Å². The molecule has 148 valence electrons. The molecular formula is C20H16N8OS. The van der Waals surface area contributed by atoms with E-state index in [1.165, 1.54) is 11.3 Å². The quantitative estimate of drug-likeness (QED) is 0.600. The molecule has 0 radical (unpaired) electrons. The topological polar surface area (TPSA) is 121 Å². The highest BCUT2D eigenvalue weighted by atomic mass is 32.1. The molecule has 2 atom stereocenters. The van der Waals surface area contributed by atoms with Gasteiger partial charge in [0.15, 0.2) is 0 Å². The van der Waals surface area contributed by atoms with Gasteiger partial charge in [-0.2, -0.15) is 0 Å². The van der Waals surface area contributed by atoms with Crippen LogP contribution in [0.4, 0.5) is 11.1 Å². The fraction of sp³-hybridized carbons (Fsp3) is 0.100. The van der Waals surface area contributed by atoms with E-state index in [0.717, 1.165) is 10.6 Å². The molecule has 3 aromatic rings. The number of hydrogen-bond donors (Lipinski definition) is 3. The molecule has 0 saturated heterocycles. The first-order valence-corrected chi connectivity index (χ1v) is 10.0. The molecule has 2 aromatic heterocycles. The number of aliphatic imine (C=N–C) groups is 2. The highest BCUT2D eigenvalue weighted by molar-refractivity contribution is 7.18. The summed E-state index contributed by atoms with van der Waals surface area (Å²) >= 11 is 1.37. The maximum atomic E-state index is 9.46. The Morgan fingerprint density at radius 3 is 2.67 bits per heavy atom. The number of fused-ring (bicyclic) bond motifs is 1. The zero-order valence-corrected chi connectivity index (χ0v) is 16.4. The first kappa shape index (κ1) is 18.1. The zero-order chi connectivity index (χ0) is 20.3. The van der Waals surface area contributed by atoms with E-state index < -0.39 is 0 Å². The summed E-state index contributed by atoms with van der Waals surface area (Å²) in [4.78, 5) is 17.8. The van der Waals surface area contributed by atoms with Crippen LogP contribution < -0.4 is 10.6 Å². The number of rotatable bonds is 3. The van der Waals surface area contributed by atoms with E-state index in [4.69, 9.17) is 9.98 Å². The number of phenolic OH excluding ortho intramolecular Hbond substituents is 1. The van der Waals surface area contributed by atoms with Gasteiger partial charge in [-0.25, -0.2) is 20.0 Å².